The standard InChI is InChI=1S/C26H38FNO6S/c1-14-8-7-9-26(6)21(34-26)11-19(18(27)10-17-13-35-16(3)28-17)33-22(30)12-20(29)25(4,5)24(32)15(2)23(14)31/h10,13-15,19-21,23,29,31H,7-9,11-12H2,1-6H3/b18-10-/t14-,15+,19-,20-,21?,23-,26?/m0/s1. The van der Waals surface area contributed by atoms with E-state index in [1.54, 1.807) is 26.2 Å². The molecule has 3 rings (SSSR count). The largest absolute Gasteiger partial charge is 0.455 e. The molecule has 2 unspecified atom stereocenters. The summed E-state index contributed by atoms with van der Waals surface area (Å²) in [6, 6.07) is 0. The molecule has 0 amide bonds. The van der Waals surface area contributed by atoms with Crippen LogP contribution in [-0.2, 0) is 19.1 Å². The summed E-state index contributed by atoms with van der Waals surface area (Å²) in [5.41, 5.74) is -1.32. The number of hydrogen-bond acceptors (Lipinski definition) is 8. The van der Waals surface area contributed by atoms with Gasteiger partial charge in [0.05, 0.1) is 46.5 Å². The molecule has 9 heteroatoms. The van der Waals surface area contributed by atoms with E-state index in [9.17, 15) is 19.8 Å². The molecule has 35 heavy (non-hydrogen) atoms. The molecular formula is C26H38FNO6S. The summed E-state index contributed by atoms with van der Waals surface area (Å²) >= 11 is 1.39. The molecule has 1 aromatic rings. The lowest BCUT2D eigenvalue weighted by atomic mass is 9.73. The Hall–Kier alpha value is -1.68. The molecule has 2 N–H and O–H groups in total. The van der Waals surface area contributed by atoms with E-state index in [0.29, 0.717) is 18.5 Å². The smallest absolute Gasteiger partial charge is 0.309 e. The number of aromatic nitrogens is 1. The maximum atomic E-state index is 15.3. The van der Waals surface area contributed by atoms with E-state index in [2.05, 4.69) is 4.98 Å². The number of nitrogens with zero attached hydrogens (tertiary/aromatic N) is 1. The Kier molecular flexibility index (Phi) is 8.57. The highest BCUT2D eigenvalue weighted by atomic mass is 32.1. The molecule has 196 valence electrons. The van der Waals surface area contributed by atoms with Gasteiger partial charge in [0.2, 0.25) is 0 Å². The van der Waals surface area contributed by atoms with E-state index in [-0.39, 0.29) is 24.2 Å². The molecule has 2 aliphatic rings. The maximum absolute atomic E-state index is 15.3. The van der Waals surface area contributed by atoms with E-state index >= 15 is 4.39 Å². The normalized spacial score (nSPS) is 37.5. The predicted molar refractivity (Wildman–Crippen MR) is 131 cm³/mol. The average Bonchev–Trinajstić information content (AvgIpc) is 3.22. The number of carbonyl (C=O) groups is 2. The van der Waals surface area contributed by atoms with Crippen LogP contribution in [0.4, 0.5) is 4.39 Å². The number of rotatable bonds is 2. The van der Waals surface area contributed by atoms with Crippen LogP contribution >= 0.6 is 11.3 Å². The zero-order valence-corrected chi connectivity index (χ0v) is 22.2. The summed E-state index contributed by atoms with van der Waals surface area (Å²) in [4.78, 5) is 30.2. The van der Waals surface area contributed by atoms with Crippen LogP contribution in [-0.4, -0.2) is 57.0 Å². The van der Waals surface area contributed by atoms with Crippen molar-refractivity contribution in [2.24, 2.45) is 17.3 Å². The number of aryl methyl sites for hydroxylation is 1. The first-order valence-corrected chi connectivity index (χ1v) is 13.2. The minimum absolute atomic E-state index is 0.129. The van der Waals surface area contributed by atoms with Crippen LogP contribution in [0.1, 0.15) is 77.4 Å². The van der Waals surface area contributed by atoms with Gasteiger partial charge in [0.25, 0.3) is 0 Å². The number of carbonyl (C=O) groups excluding carboxylic acids is 2. The van der Waals surface area contributed by atoms with Gasteiger partial charge in [-0.2, -0.15) is 0 Å². The number of Topliss-reactive ketones (excluding diaryl/α,β-unsaturated/α-hetero) is 1. The van der Waals surface area contributed by atoms with Gasteiger partial charge in [0, 0.05) is 17.7 Å². The molecule has 1 aromatic heterocycles. The van der Waals surface area contributed by atoms with Gasteiger partial charge in [0.15, 0.2) is 6.10 Å². The van der Waals surface area contributed by atoms with Gasteiger partial charge < -0.3 is 19.7 Å². The fourth-order valence-electron chi connectivity index (χ4n) is 4.86. The highest BCUT2D eigenvalue weighted by Crippen LogP contribution is 2.45. The Morgan fingerprint density at radius 2 is 1.94 bits per heavy atom. The summed E-state index contributed by atoms with van der Waals surface area (Å²) in [5.74, 6) is -2.62. The number of thiazole rings is 1. The van der Waals surface area contributed by atoms with Gasteiger partial charge in [-0.3, -0.25) is 9.59 Å². The fourth-order valence-corrected chi connectivity index (χ4v) is 5.44. The third-order valence-electron chi connectivity index (χ3n) is 7.64. The lowest BCUT2D eigenvalue weighted by molar-refractivity contribution is -0.155. The van der Waals surface area contributed by atoms with Gasteiger partial charge in [-0.1, -0.05) is 34.1 Å². The second kappa shape index (κ2) is 10.7. The van der Waals surface area contributed by atoms with Gasteiger partial charge >= 0.3 is 5.97 Å². The van der Waals surface area contributed by atoms with Gasteiger partial charge in [-0.25, -0.2) is 9.37 Å². The Balaban J connectivity index is 1.85. The highest BCUT2D eigenvalue weighted by molar-refractivity contribution is 7.09. The molecule has 2 saturated heterocycles. The van der Waals surface area contributed by atoms with E-state index in [1.165, 1.54) is 17.4 Å². The molecule has 3 heterocycles. The minimum Gasteiger partial charge on any atom is -0.455 e. The Morgan fingerprint density at radius 1 is 1.26 bits per heavy atom. The Labute approximate surface area is 210 Å². The number of hydrogen-bond donors (Lipinski definition) is 2. The number of ketones is 1. The maximum Gasteiger partial charge on any atom is 0.309 e. The van der Waals surface area contributed by atoms with E-state index < -0.39 is 53.5 Å². The lowest BCUT2D eigenvalue weighted by Gasteiger charge is -2.34. The van der Waals surface area contributed by atoms with Crippen molar-refractivity contribution < 1.29 is 33.7 Å². The van der Waals surface area contributed by atoms with Crippen molar-refractivity contribution >= 4 is 29.2 Å². The van der Waals surface area contributed by atoms with Crippen molar-refractivity contribution in [1.29, 1.82) is 0 Å². The van der Waals surface area contributed by atoms with Crippen LogP contribution in [0.5, 0.6) is 0 Å². The van der Waals surface area contributed by atoms with Crippen molar-refractivity contribution in [3.05, 3.63) is 21.9 Å². The molecule has 0 aromatic carbocycles. The number of aliphatic hydroxyl groups excluding tert-OH is 2. The molecule has 0 bridgehead atoms. The third kappa shape index (κ3) is 6.56. The highest BCUT2D eigenvalue weighted by Gasteiger charge is 2.53. The lowest BCUT2D eigenvalue weighted by Crippen LogP contribution is -2.45. The van der Waals surface area contributed by atoms with Crippen LogP contribution in [0.2, 0.25) is 0 Å². The number of fused-ring (bicyclic) bond motifs is 1. The summed E-state index contributed by atoms with van der Waals surface area (Å²) in [6.07, 6.45) is -0.593. The summed E-state index contributed by atoms with van der Waals surface area (Å²) in [6.45, 7) is 10.4. The molecule has 7 nitrogen and oxygen atoms in total. The number of aliphatic hydroxyl groups is 2. The average molecular weight is 512 g/mol. The second-order valence-corrected chi connectivity index (χ2v) is 12.0. The van der Waals surface area contributed by atoms with Crippen LogP contribution in [0.3, 0.4) is 0 Å². The molecule has 7 atom stereocenters. The van der Waals surface area contributed by atoms with Crippen LogP contribution in [0, 0.1) is 24.2 Å². The van der Waals surface area contributed by atoms with Gasteiger partial charge in [0.1, 0.15) is 11.6 Å². The molecule has 0 radical (unpaired) electrons. The monoisotopic (exact) mass is 511 g/mol. The van der Waals surface area contributed by atoms with Gasteiger partial charge in [-0.15, -0.1) is 11.3 Å². The summed E-state index contributed by atoms with van der Waals surface area (Å²) in [5, 5.41) is 24.1. The molecule has 2 aliphatic heterocycles. The SMILES string of the molecule is Cc1nc(/C=C(\F)[C@@H]2CC3OC3(C)CCC[C@H](C)[C@H](O)[C@@H](C)C(=O)C(C)(C)[C@@H](O)CC(=O)O2)cs1. The first kappa shape index (κ1) is 27.9. The third-order valence-corrected chi connectivity index (χ3v) is 8.43. The van der Waals surface area contributed by atoms with E-state index in [0.717, 1.165) is 11.4 Å². The van der Waals surface area contributed by atoms with Crippen LogP contribution in [0.25, 0.3) is 6.08 Å². The van der Waals surface area contributed by atoms with Crippen molar-refractivity contribution in [3.63, 3.8) is 0 Å². The first-order valence-electron chi connectivity index (χ1n) is 12.3. The summed E-state index contributed by atoms with van der Waals surface area (Å²) < 4.78 is 26.7. The topological polar surface area (TPSA) is 109 Å². The Morgan fingerprint density at radius 3 is 2.57 bits per heavy atom. The molecule has 0 aliphatic carbocycles. The fraction of sp³-hybridized carbons (Fsp3) is 0.731. The van der Waals surface area contributed by atoms with E-state index in [1.807, 2.05) is 20.8 Å². The number of ether oxygens (including phenoxy) is 2. The molecule has 0 spiro atoms. The number of halogens is 1. The van der Waals surface area contributed by atoms with Crippen molar-refractivity contribution in [3.8, 4) is 0 Å². The number of cyclic esters (lactones) is 1. The molecule has 0 saturated carbocycles. The zero-order valence-electron chi connectivity index (χ0n) is 21.4. The van der Waals surface area contributed by atoms with Crippen LogP contribution < -0.4 is 0 Å². The van der Waals surface area contributed by atoms with E-state index in [4.69, 9.17) is 9.47 Å². The van der Waals surface area contributed by atoms with Crippen molar-refractivity contribution in [1.82, 2.24) is 4.98 Å². The van der Waals surface area contributed by atoms with Crippen molar-refractivity contribution in [2.75, 3.05) is 0 Å². The molecular weight excluding hydrogens is 473 g/mol. The quantitative estimate of drug-likeness (QED) is 0.448. The number of esters is 1. The first-order chi connectivity index (χ1) is 16.2. The molecule has 2 fully saturated rings. The van der Waals surface area contributed by atoms with Crippen molar-refractivity contribution in [2.45, 2.75) is 104 Å². The number of epoxide rings is 1. The second-order valence-electron chi connectivity index (χ2n) is 10.9. The minimum atomic E-state index is -1.35. The Bertz CT molecular complexity index is 961. The predicted octanol–water partition coefficient (Wildman–Crippen LogP) is 4.38. The zero-order chi connectivity index (χ0) is 26.1. The van der Waals surface area contributed by atoms with Gasteiger partial charge in [-0.05, 0) is 38.7 Å². The van der Waals surface area contributed by atoms with Crippen LogP contribution in [0.15, 0.2) is 11.2 Å². The summed E-state index contributed by atoms with van der Waals surface area (Å²) in [7, 11) is 0.